The zero-order valence-corrected chi connectivity index (χ0v) is 16.2. The zero-order valence-electron chi connectivity index (χ0n) is 14.7. The third kappa shape index (κ3) is 3.59. The number of carbonyl (C=O) groups is 1. The normalized spacial score (nSPS) is 11.9. The van der Waals surface area contributed by atoms with Gasteiger partial charge < -0.3 is 4.74 Å². The van der Waals surface area contributed by atoms with E-state index in [0.29, 0.717) is 26.9 Å². The Morgan fingerprint density at radius 2 is 1.50 bits per heavy atom. The first kappa shape index (κ1) is 18.5. The minimum atomic E-state index is -0.847. The molecule has 0 fully saturated rings. The van der Waals surface area contributed by atoms with Crippen molar-refractivity contribution in [3.63, 3.8) is 0 Å². The van der Waals surface area contributed by atoms with Crippen LogP contribution in [0.1, 0.15) is 27.7 Å². The van der Waals surface area contributed by atoms with E-state index >= 15 is 0 Å². The molecule has 1 aromatic heterocycles. The summed E-state index contributed by atoms with van der Waals surface area (Å²) in [6.45, 7) is 0. The summed E-state index contributed by atoms with van der Waals surface area (Å²) in [7, 11) is 0. The SMILES string of the molecule is O=C(OC(c1c(Cl)cccc1Cl)c1nccc2ccccc12)c1ccccc1. The molecule has 0 amide bonds. The van der Waals surface area contributed by atoms with Gasteiger partial charge in [0.05, 0.1) is 11.3 Å². The van der Waals surface area contributed by atoms with Crippen LogP contribution in [-0.4, -0.2) is 11.0 Å². The Bertz CT molecular complexity index is 1120. The number of hydrogen-bond donors (Lipinski definition) is 0. The fourth-order valence-electron chi connectivity index (χ4n) is 3.11. The first-order valence-corrected chi connectivity index (χ1v) is 9.44. The van der Waals surface area contributed by atoms with Gasteiger partial charge in [0.1, 0.15) is 0 Å². The molecule has 4 aromatic rings. The second kappa shape index (κ2) is 8.01. The number of aromatic nitrogens is 1. The summed E-state index contributed by atoms with van der Waals surface area (Å²) in [5, 5.41) is 2.67. The molecule has 28 heavy (non-hydrogen) atoms. The van der Waals surface area contributed by atoms with Crippen molar-refractivity contribution in [2.24, 2.45) is 0 Å². The van der Waals surface area contributed by atoms with E-state index in [1.807, 2.05) is 36.4 Å². The molecule has 0 bridgehead atoms. The summed E-state index contributed by atoms with van der Waals surface area (Å²) < 4.78 is 5.91. The molecule has 0 N–H and O–H groups in total. The predicted molar refractivity (Wildman–Crippen MR) is 112 cm³/mol. The van der Waals surface area contributed by atoms with Crippen LogP contribution in [0.3, 0.4) is 0 Å². The summed E-state index contributed by atoms with van der Waals surface area (Å²) in [5.74, 6) is -0.476. The van der Waals surface area contributed by atoms with Gasteiger partial charge in [0.25, 0.3) is 0 Å². The molecule has 0 aliphatic heterocycles. The van der Waals surface area contributed by atoms with Crippen LogP contribution in [0.2, 0.25) is 10.0 Å². The molecule has 3 aromatic carbocycles. The highest BCUT2D eigenvalue weighted by Crippen LogP contribution is 2.38. The minimum Gasteiger partial charge on any atom is -0.447 e. The summed E-state index contributed by atoms with van der Waals surface area (Å²) in [6.07, 6.45) is 0.839. The van der Waals surface area contributed by atoms with Crippen LogP contribution >= 0.6 is 23.2 Å². The summed E-state index contributed by atoms with van der Waals surface area (Å²) in [5.41, 5.74) is 1.53. The number of ether oxygens (including phenoxy) is 1. The maximum atomic E-state index is 12.8. The highest BCUT2D eigenvalue weighted by Gasteiger charge is 2.27. The van der Waals surface area contributed by atoms with Crippen molar-refractivity contribution in [2.45, 2.75) is 6.10 Å². The van der Waals surface area contributed by atoms with E-state index in [-0.39, 0.29) is 0 Å². The van der Waals surface area contributed by atoms with Crippen LogP contribution in [0.25, 0.3) is 10.8 Å². The Labute approximate surface area is 172 Å². The highest BCUT2D eigenvalue weighted by molar-refractivity contribution is 6.36. The fourth-order valence-corrected chi connectivity index (χ4v) is 3.71. The van der Waals surface area contributed by atoms with E-state index in [1.165, 1.54) is 0 Å². The second-order valence-electron chi connectivity index (χ2n) is 6.20. The molecule has 1 heterocycles. The van der Waals surface area contributed by atoms with E-state index in [2.05, 4.69) is 4.98 Å². The molecule has 4 rings (SSSR count). The van der Waals surface area contributed by atoms with Crippen molar-refractivity contribution in [1.29, 1.82) is 0 Å². The lowest BCUT2D eigenvalue weighted by molar-refractivity contribution is 0.0374. The molecule has 138 valence electrons. The maximum Gasteiger partial charge on any atom is 0.339 e. The smallest absolute Gasteiger partial charge is 0.339 e. The van der Waals surface area contributed by atoms with Gasteiger partial charge >= 0.3 is 5.97 Å². The lowest BCUT2D eigenvalue weighted by Crippen LogP contribution is -2.15. The number of hydrogen-bond acceptors (Lipinski definition) is 3. The van der Waals surface area contributed by atoms with Crippen LogP contribution in [0, 0.1) is 0 Å². The molecule has 0 aliphatic rings. The zero-order chi connectivity index (χ0) is 19.5. The Morgan fingerprint density at radius 3 is 2.25 bits per heavy atom. The van der Waals surface area contributed by atoms with Gasteiger partial charge in [-0.3, -0.25) is 4.98 Å². The Balaban J connectivity index is 1.88. The monoisotopic (exact) mass is 407 g/mol. The predicted octanol–water partition coefficient (Wildman–Crippen LogP) is 6.49. The molecule has 0 spiro atoms. The van der Waals surface area contributed by atoms with Gasteiger partial charge in [0.2, 0.25) is 0 Å². The summed E-state index contributed by atoms with van der Waals surface area (Å²) in [6, 6.07) is 23.7. The van der Waals surface area contributed by atoms with Crippen LogP contribution in [0.4, 0.5) is 0 Å². The fraction of sp³-hybridized carbons (Fsp3) is 0.0435. The summed E-state index contributed by atoms with van der Waals surface area (Å²) >= 11 is 12.9. The Hall–Kier alpha value is -2.88. The van der Waals surface area contributed by atoms with Crippen molar-refractivity contribution in [1.82, 2.24) is 4.98 Å². The molecule has 0 saturated carbocycles. The van der Waals surface area contributed by atoms with Crippen molar-refractivity contribution in [3.8, 4) is 0 Å². The third-order valence-electron chi connectivity index (χ3n) is 4.45. The molecule has 1 unspecified atom stereocenters. The second-order valence-corrected chi connectivity index (χ2v) is 7.02. The molecule has 3 nitrogen and oxygen atoms in total. The van der Waals surface area contributed by atoms with Crippen molar-refractivity contribution >= 4 is 39.9 Å². The van der Waals surface area contributed by atoms with Gasteiger partial charge in [-0.05, 0) is 35.7 Å². The van der Waals surface area contributed by atoms with Crippen LogP contribution < -0.4 is 0 Å². The number of benzene rings is 3. The third-order valence-corrected chi connectivity index (χ3v) is 5.11. The Kier molecular flexibility index (Phi) is 5.29. The number of esters is 1. The van der Waals surface area contributed by atoms with E-state index in [0.717, 1.165) is 10.8 Å². The molecular weight excluding hydrogens is 393 g/mol. The van der Waals surface area contributed by atoms with E-state index in [4.69, 9.17) is 27.9 Å². The van der Waals surface area contributed by atoms with Gasteiger partial charge in [-0.25, -0.2) is 4.79 Å². The summed E-state index contributed by atoms with van der Waals surface area (Å²) in [4.78, 5) is 17.3. The highest BCUT2D eigenvalue weighted by atomic mass is 35.5. The van der Waals surface area contributed by atoms with Crippen molar-refractivity contribution in [3.05, 3.63) is 112 Å². The van der Waals surface area contributed by atoms with Gasteiger partial charge in [-0.1, -0.05) is 71.7 Å². The number of pyridine rings is 1. The number of rotatable bonds is 4. The molecule has 5 heteroatoms. The first-order valence-electron chi connectivity index (χ1n) is 8.69. The Morgan fingerprint density at radius 1 is 0.821 bits per heavy atom. The van der Waals surface area contributed by atoms with Gasteiger partial charge in [0.15, 0.2) is 6.10 Å². The van der Waals surface area contributed by atoms with Crippen LogP contribution in [0.15, 0.2) is 85.1 Å². The number of nitrogens with zero attached hydrogens (tertiary/aromatic N) is 1. The number of fused-ring (bicyclic) bond motifs is 1. The van der Waals surface area contributed by atoms with Crippen LogP contribution in [0.5, 0.6) is 0 Å². The molecule has 0 radical (unpaired) electrons. The lowest BCUT2D eigenvalue weighted by Gasteiger charge is -2.21. The van der Waals surface area contributed by atoms with E-state index in [9.17, 15) is 4.79 Å². The molecule has 0 saturated heterocycles. The van der Waals surface area contributed by atoms with E-state index in [1.54, 1.807) is 48.7 Å². The lowest BCUT2D eigenvalue weighted by atomic mass is 10.0. The maximum absolute atomic E-state index is 12.8. The standard InChI is InChI=1S/C23H15Cl2NO2/c24-18-11-6-12-19(25)20(18)22(28-23(27)16-8-2-1-3-9-16)21-17-10-5-4-7-15(17)13-14-26-21/h1-14,22H. The van der Waals surface area contributed by atoms with Gasteiger partial charge in [0, 0.05) is 27.2 Å². The van der Waals surface area contributed by atoms with Gasteiger partial charge in [-0.2, -0.15) is 0 Å². The van der Waals surface area contributed by atoms with Gasteiger partial charge in [-0.15, -0.1) is 0 Å². The topological polar surface area (TPSA) is 39.2 Å². The quantitative estimate of drug-likeness (QED) is 0.363. The molecular formula is C23H15Cl2NO2. The average molecular weight is 408 g/mol. The van der Waals surface area contributed by atoms with E-state index < -0.39 is 12.1 Å². The first-order chi connectivity index (χ1) is 13.6. The van der Waals surface area contributed by atoms with Crippen molar-refractivity contribution in [2.75, 3.05) is 0 Å². The molecule has 1 atom stereocenters. The minimum absolute atomic E-state index is 0.410. The number of halogens is 2. The molecule has 0 aliphatic carbocycles. The van der Waals surface area contributed by atoms with Crippen LogP contribution in [-0.2, 0) is 4.74 Å². The number of carbonyl (C=O) groups excluding carboxylic acids is 1. The van der Waals surface area contributed by atoms with Crippen molar-refractivity contribution < 1.29 is 9.53 Å². The average Bonchev–Trinajstić information content (AvgIpc) is 2.73. The largest absolute Gasteiger partial charge is 0.447 e.